The average molecular weight is 207 g/mol. The zero-order valence-corrected chi connectivity index (χ0v) is 7.48. The number of nitrogens with zero attached hydrogens (tertiary/aromatic N) is 1. The molecule has 5 heteroatoms. The van der Waals surface area contributed by atoms with Gasteiger partial charge in [-0.25, -0.2) is 4.39 Å². The Morgan fingerprint density at radius 1 is 1.21 bits per heavy atom. The molecular weight excluding hydrogens is 198 g/mol. The Kier molecular flexibility index (Phi) is 2.78. The zero-order valence-electron chi connectivity index (χ0n) is 7.48. The highest BCUT2D eigenvalue weighted by molar-refractivity contribution is 5.15. The molecule has 1 aromatic heterocycles. The molecule has 0 bridgehead atoms. The van der Waals surface area contributed by atoms with Gasteiger partial charge in [-0.2, -0.15) is 13.2 Å². The van der Waals surface area contributed by atoms with Gasteiger partial charge < -0.3 is 0 Å². The third-order valence-electron chi connectivity index (χ3n) is 2.01. The minimum absolute atomic E-state index is 0.588. The van der Waals surface area contributed by atoms with Crippen molar-refractivity contribution in [2.75, 3.05) is 0 Å². The first-order chi connectivity index (χ1) is 6.42. The van der Waals surface area contributed by atoms with E-state index in [9.17, 15) is 17.6 Å². The van der Waals surface area contributed by atoms with Crippen LogP contribution in [0.2, 0.25) is 0 Å². The number of rotatable bonds is 2. The molecule has 0 aliphatic heterocycles. The van der Waals surface area contributed by atoms with Gasteiger partial charge >= 0.3 is 6.18 Å². The summed E-state index contributed by atoms with van der Waals surface area (Å²) < 4.78 is 50.7. The Morgan fingerprint density at radius 3 is 2.21 bits per heavy atom. The quantitative estimate of drug-likeness (QED) is 0.678. The summed E-state index contributed by atoms with van der Waals surface area (Å²) in [5.41, 5.74) is -3.93. The molecule has 0 aliphatic rings. The van der Waals surface area contributed by atoms with Crippen LogP contribution in [0.3, 0.4) is 0 Å². The van der Waals surface area contributed by atoms with Crippen LogP contribution in [0.4, 0.5) is 17.6 Å². The predicted molar refractivity (Wildman–Crippen MR) is 43.4 cm³/mol. The van der Waals surface area contributed by atoms with Crippen molar-refractivity contribution in [1.29, 1.82) is 0 Å². The molecule has 0 aromatic carbocycles. The van der Waals surface area contributed by atoms with Crippen LogP contribution in [0.15, 0.2) is 24.4 Å². The molecule has 0 fully saturated rings. The molecule has 1 unspecified atom stereocenters. The van der Waals surface area contributed by atoms with Crippen LogP contribution in [-0.2, 0) is 5.67 Å². The van der Waals surface area contributed by atoms with E-state index in [0.29, 0.717) is 0 Å². The number of pyridine rings is 1. The van der Waals surface area contributed by atoms with Gasteiger partial charge in [0.25, 0.3) is 0 Å². The smallest absolute Gasteiger partial charge is 0.258 e. The number of hydrogen-bond acceptors (Lipinski definition) is 1. The lowest BCUT2D eigenvalue weighted by Crippen LogP contribution is -2.38. The Morgan fingerprint density at radius 2 is 1.86 bits per heavy atom. The summed E-state index contributed by atoms with van der Waals surface area (Å²) in [7, 11) is 0. The molecule has 0 saturated heterocycles. The van der Waals surface area contributed by atoms with Gasteiger partial charge in [0, 0.05) is 6.20 Å². The summed E-state index contributed by atoms with van der Waals surface area (Å²) >= 11 is 0. The minimum atomic E-state index is -4.92. The topological polar surface area (TPSA) is 12.9 Å². The first-order valence-electron chi connectivity index (χ1n) is 4.09. The average Bonchev–Trinajstić information content (AvgIpc) is 2.16. The fraction of sp³-hybridized carbons (Fsp3) is 0.444. The van der Waals surface area contributed by atoms with Crippen LogP contribution in [-0.4, -0.2) is 11.2 Å². The molecule has 1 aromatic rings. The number of halogens is 4. The lowest BCUT2D eigenvalue weighted by atomic mass is 9.97. The van der Waals surface area contributed by atoms with Crippen LogP contribution < -0.4 is 0 Å². The maximum absolute atomic E-state index is 13.6. The van der Waals surface area contributed by atoms with Crippen LogP contribution in [0.25, 0.3) is 0 Å². The normalized spacial score (nSPS) is 16.4. The zero-order chi connectivity index (χ0) is 10.8. The van der Waals surface area contributed by atoms with Gasteiger partial charge in [-0.3, -0.25) is 4.98 Å². The molecule has 1 heterocycles. The van der Waals surface area contributed by atoms with E-state index in [-0.39, 0.29) is 0 Å². The molecule has 0 amide bonds. The summed E-state index contributed by atoms with van der Waals surface area (Å²) in [5.74, 6) is 0. The SMILES string of the molecule is CCC(F)(c1ccccn1)C(F)(F)F. The summed E-state index contributed by atoms with van der Waals surface area (Å²) in [4.78, 5) is 3.39. The van der Waals surface area contributed by atoms with Crippen LogP contribution in [0.1, 0.15) is 19.0 Å². The molecule has 78 valence electrons. The van der Waals surface area contributed by atoms with Crippen molar-refractivity contribution in [3.05, 3.63) is 30.1 Å². The largest absolute Gasteiger partial charge is 0.428 e. The highest BCUT2D eigenvalue weighted by Gasteiger charge is 2.56. The van der Waals surface area contributed by atoms with Crippen molar-refractivity contribution in [3.63, 3.8) is 0 Å². The van der Waals surface area contributed by atoms with Gasteiger partial charge in [0.15, 0.2) is 0 Å². The van der Waals surface area contributed by atoms with E-state index in [1.807, 2.05) is 0 Å². The standard InChI is InChI=1S/C9H9F4N/c1-2-8(10,9(11,12)13)7-5-3-4-6-14-7/h3-6H,2H2,1H3. The highest BCUT2D eigenvalue weighted by atomic mass is 19.4. The predicted octanol–water partition coefficient (Wildman–Crippen LogP) is 3.22. The summed E-state index contributed by atoms with van der Waals surface area (Å²) in [6.45, 7) is 1.14. The molecule has 1 nitrogen and oxygen atoms in total. The fourth-order valence-corrected chi connectivity index (χ4v) is 1.12. The molecule has 0 saturated carbocycles. The van der Waals surface area contributed by atoms with E-state index in [2.05, 4.69) is 4.98 Å². The molecule has 14 heavy (non-hydrogen) atoms. The third kappa shape index (κ3) is 1.71. The van der Waals surface area contributed by atoms with E-state index >= 15 is 0 Å². The Labute approximate surface area is 78.8 Å². The van der Waals surface area contributed by atoms with E-state index in [1.54, 1.807) is 0 Å². The van der Waals surface area contributed by atoms with Crippen LogP contribution in [0.5, 0.6) is 0 Å². The van der Waals surface area contributed by atoms with E-state index in [1.165, 1.54) is 12.1 Å². The number of aromatic nitrogens is 1. The number of alkyl halides is 4. The van der Waals surface area contributed by atoms with Gasteiger partial charge in [-0.05, 0) is 18.6 Å². The van der Waals surface area contributed by atoms with E-state index in [0.717, 1.165) is 19.2 Å². The van der Waals surface area contributed by atoms with Gasteiger partial charge in [-0.15, -0.1) is 0 Å². The summed E-state index contributed by atoms with van der Waals surface area (Å²) in [6, 6.07) is 3.81. The van der Waals surface area contributed by atoms with E-state index in [4.69, 9.17) is 0 Å². The molecule has 0 aliphatic carbocycles. The van der Waals surface area contributed by atoms with Crippen molar-refractivity contribution in [2.45, 2.75) is 25.2 Å². The van der Waals surface area contributed by atoms with Crippen molar-refractivity contribution in [2.24, 2.45) is 0 Å². The van der Waals surface area contributed by atoms with Gasteiger partial charge in [0.1, 0.15) is 0 Å². The van der Waals surface area contributed by atoms with Gasteiger partial charge in [0.2, 0.25) is 5.67 Å². The summed E-state index contributed by atoms with van der Waals surface area (Å²) in [6.07, 6.45) is -4.45. The Balaban J connectivity index is 3.15. The highest BCUT2D eigenvalue weighted by Crippen LogP contribution is 2.43. The molecular formula is C9H9F4N. The van der Waals surface area contributed by atoms with Crippen molar-refractivity contribution in [1.82, 2.24) is 4.98 Å². The molecule has 1 atom stereocenters. The van der Waals surface area contributed by atoms with Crippen LogP contribution in [0, 0.1) is 0 Å². The Hall–Kier alpha value is -1.13. The minimum Gasteiger partial charge on any atom is -0.258 e. The monoisotopic (exact) mass is 207 g/mol. The maximum Gasteiger partial charge on any atom is 0.428 e. The molecule has 0 radical (unpaired) electrons. The van der Waals surface area contributed by atoms with Crippen molar-refractivity contribution < 1.29 is 17.6 Å². The molecule has 0 spiro atoms. The van der Waals surface area contributed by atoms with Crippen LogP contribution >= 0.6 is 0 Å². The third-order valence-corrected chi connectivity index (χ3v) is 2.01. The second-order valence-corrected chi connectivity index (χ2v) is 2.87. The van der Waals surface area contributed by atoms with Crippen molar-refractivity contribution >= 4 is 0 Å². The number of hydrogen-bond donors (Lipinski definition) is 0. The lowest BCUT2D eigenvalue weighted by Gasteiger charge is -2.25. The molecule has 0 N–H and O–H groups in total. The molecule has 1 rings (SSSR count). The Bertz CT molecular complexity index is 295. The van der Waals surface area contributed by atoms with Crippen molar-refractivity contribution in [3.8, 4) is 0 Å². The van der Waals surface area contributed by atoms with E-state index < -0.39 is 24.0 Å². The van der Waals surface area contributed by atoms with Gasteiger partial charge in [0.05, 0.1) is 5.69 Å². The first-order valence-corrected chi connectivity index (χ1v) is 4.09. The first kappa shape index (κ1) is 10.9. The lowest BCUT2D eigenvalue weighted by molar-refractivity contribution is -0.238. The fourth-order valence-electron chi connectivity index (χ4n) is 1.12. The second kappa shape index (κ2) is 3.55. The van der Waals surface area contributed by atoms with Gasteiger partial charge in [-0.1, -0.05) is 13.0 Å². The second-order valence-electron chi connectivity index (χ2n) is 2.87. The summed E-state index contributed by atoms with van der Waals surface area (Å²) in [5, 5.41) is 0. The maximum atomic E-state index is 13.6.